The number of aromatic nitrogens is 3. The molecule has 1 aromatic rings. The van der Waals surface area contributed by atoms with Crippen molar-refractivity contribution in [3.8, 4) is 0 Å². The Morgan fingerprint density at radius 2 is 2.67 bits per heavy atom. The summed E-state index contributed by atoms with van der Waals surface area (Å²) in [6.45, 7) is 0. The Morgan fingerprint density at radius 1 is 1.83 bits per heavy atom. The van der Waals surface area contributed by atoms with Gasteiger partial charge in [-0.1, -0.05) is 0 Å². The van der Waals surface area contributed by atoms with Crippen LogP contribution in [-0.4, -0.2) is 10.3 Å². The van der Waals surface area contributed by atoms with E-state index in [9.17, 15) is 5.21 Å². The molecule has 0 aliphatic carbocycles. The van der Waals surface area contributed by atoms with Gasteiger partial charge >= 0.3 is 6.33 Å². The maximum atomic E-state index is 9.61. The molecule has 1 heterocycles. The van der Waals surface area contributed by atoms with Crippen LogP contribution in [0.3, 0.4) is 0 Å². The van der Waals surface area contributed by atoms with Gasteiger partial charge in [0.25, 0.3) is 0 Å². The van der Waals surface area contributed by atoms with Gasteiger partial charge in [0.2, 0.25) is 0 Å². The lowest BCUT2D eigenvalue weighted by Gasteiger charge is -1.69. The maximum Gasteiger partial charge on any atom is 0.407 e. The van der Waals surface area contributed by atoms with E-state index >= 15 is 0 Å². The number of rotatable bonds is 0. The number of hydrogen-bond donors (Lipinski definition) is 0. The predicted molar refractivity (Wildman–Crippen MR) is 12.1 cm³/mol. The van der Waals surface area contributed by atoms with Crippen molar-refractivity contribution in [1.29, 1.82) is 0 Å². The third-order valence-corrected chi connectivity index (χ3v) is 0.278. The van der Waals surface area contributed by atoms with Crippen LogP contribution < -0.4 is 5.02 Å². The minimum atomic E-state index is -0.0417. The van der Waals surface area contributed by atoms with Gasteiger partial charge in [0.1, 0.15) is 0 Å². The van der Waals surface area contributed by atoms with E-state index in [2.05, 4.69) is 14.9 Å². The number of hydrogen-bond acceptors (Lipinski definition) is 4. The van der Waals surface area contributed by atoms with Gasteiger partial charge in [0.05, 0.1) is 10.2 Å². The monoisotopic (exact) mass is 86.0 g/mol. The molecule has 5 nitrogen and oxygen atoms in total. The second-order valence-corrected chi connectivity index (χ2v) is 0.611. The Labute approximate surface area is 32.7 Å². The summed E-state index contributed by atoms with van der Waals surface area (Å²) in [6, 6.07) is 0. The molecule has 0 aromatic carbocycles. The molecule has 1 rings (SSSR count). The van der Waals surface area contributed by atoms with Crippen molar-refractivity contribution in [1.82, 2.24) is 10.3 Å². The zero-order valence-corrected chi connectivity index (χ0v) is 2.66. The molecule has 0 amide bonds. The molecule has 0 saturated carbocycles. The van der Waals surface area contributed by atoms with Crippen LogP contribution in [0.5, 0.6) is 0 Å². The fourth-order valence-corrected chi connectivity index (χ4v) is 0.126. The molecule has 31 valence electrons. The summed E-state index contributed by atoms with van der Waals surface area (Å²) in [5.41, 5.74) is 0. The first-order valence-corrected chi connectivity index (χ1v) is 1.19. The molecule has 5 heteroatoms. The molecule has 0 spiro atoms. The second-order valence-electron chi connectivity index (χ2n) is 0.611. The van der Waals surface area contributed by atoms with Crippen molar-refractivity contribution >= 4 is 0 Å². The van der Waals surface area contributed by atoms with Crippen LogP contribution in [0.2, 0.25) is 0 Å². The zero-order valence-electron chi connectivity index (χ0n) is 2.66. The van der Waals surface area contributed by atoms with Gasteiger partial charge in [-0.25, -0.2) is 4.63 Å². The molecule has 0 atom stereocenters. The molecule has 0 unspecified atom stereocenters. The topological polar surface area (TPSA) is 65.9 Å². The molecule has 1 aromatic heterocycles. The lowest BCUT2D eigenvalue weighted by atomic mass is 11.5. The van der Waals surface area contributed by atoms with E-state index in [4.69, 9.17) is 0 Å². The average Bonchev–Trinajstić information content (AvgIpc) is 1.86. The van der Waals surface area contributed by atoms with E-state index in [1.54, 1.807) is 0 Å². The third kappa shape index (κ3) is 0.291. The Morgan fingerprint density at radius 3 is 2.83 bits per heavy atom. The Bertz CT molecular complexity index is 112. The highest BCUT2D eigenvalue weighted by atomic mass is 16.8. The first-order valence-electron chi connectivity index (χ1n) is 1.19. The summed E-state index contributed by atoms with van der Waals surface area (Å²) in [7, 11) is 0. The maximum absolute atomic E-state index is 9.61. The minimum absolute atomic E-state index is 0.0417. The van der Waals surface area contributed by atoms with Crippen LogP contribution in [0.25, 0.3) is 0 Å². The summed E-state index contributed by atoms with van der Waals surface area (Å²) in [5.74, 6) is 0. The van der Waals surface area contributed by atoms with Crippen LogP contribution >= 0.6 is 0 Å². The summed E-state index contributed by atoms with van der Waals surface area (Å²) in [6.07, 6.45) is 1.91. The fraction of sp³-hybridized carbons (Fsp3) is 0. The molecule has 0 fully saturated rings. The van der Waals surface area contributed by atoms with E-state index in [0.29, 0.717) is 0 Å². The van der Waals surface area contributed by atoms with Crippen molar-refractivity contribution in [2.24, 2.45) is 0 Å². The van der Waals surface area contributed by atoms with E-state index in [-0.39, 0.29) is 5.02 Å². The summed E-state index contributed by atoms with van der Waals surface area (Å²) < 4.78 is 3.78. The molecule has 0 bridgehead atoms. The SMILES string of the molecule is [O-][n+]1n[c]no1. The first-order chi connectivity index (χ1) is 2.89. The van der Waals surface area contributed by atoms with E-state index in [1.807, 2.05) is 6.33 Å². The van der Waals surface area contributed by atoms with Gasteiger partial charge in [-0.05, 0) is 0 Å². The lowest BCUT2D eigenvalue weighted by Crippen LogP contribution is -2.25. The van der Waals surface area contributed by atoms with Gasteiger partial charge in [-0.2, -0.15) is 0 Å². The highest BCUT2D eigenvalue weighted by Gasteiger charge is 1.83. The van der Waals surface area contributed by atoms with Gasteiger partial charge in [-0.15, -0.1) is 0 Å². The van der Waals surface area contributed by atoms with Gasteiger partial charge in [0.15, 0.2) is 0 Å². The predicted octanol–water partition coefficient (Wildman–Crippen LogP) is -1.50. The summed E-state index contributed by atoms with van der Waals surface area (Å²) in [4.78, 5) is 0. The zero-order chi connectivity index (χ0) is 4.41. The van der Waals surface area contributed by atoms with E-state index in [1.165, 1.54) is 0 Å². The molecule has 0 N–H and O–H groups in total. The molecule has 1 radical (unpaired) electrons. The molecule has 6 heavy (non-hydrogen) atoms. The summed E-state index contributed by atoms with van der Waals surface area (Å²) in [5, 5.41) is 15.3. The minimum Gasteiger partial charge on any atom is -0.339 e. The van der Waals surface area contributed by atoms with Crippen molar-refractivity contribution in [3.05, 3.63) is 11.5 Å². The van der Waals surface area contributed by atoms with E-state index in [0.717, 1.165) is 0 Å². The fourth-order valence-electron chi connectivity index (χ4n) is 0.126. The highest BCUT2D eigenvalue weighted by Crippen LogP contribution is 1.49. The largest absolute Gasteiger partial charge is 0.407 e. The standard InChI is InChI=1S/CN3O2/c5-4-2-1-3-6-4. The molecular weight excluding hydrogens is 86.0 g/mol. The van der Waals surface area contributed by atoms with Crippen molar-refractivity contribution in [2.75, 3.05) is 0 Å². The van der Waals surface area contributed by atoms with Crippen molar-refractivity contribution in [2.45, 2.75) is 0 Å². The molecule has 0 aliphatic heterocycles. The van der Waals surface area contributed by atoms with Crippen LogP contribution in [0.15, 0.2) is 4.63 Å². The Balaban J connectivity index is 3.05. The normalized spacial score (nSPS) is 8.67. The Hall–Kier alpha value is -1.13. The number of nitrogens with zero attached hydrogens (tertiary/aromatic N) is 3. The van der Waals surface area contributed by atoms with Gasteiger partial charge in [-0.3, -0.25) is 0 Å². The van der Waals surface area contributed by atoms with Gasteiger partial charge in [0, 0.05) is 5.10 Å². The highest BCUT2D eigenvalue weighted by molar-refractivity contribution is 4.10. The quantitative estimate of drug-likeness (QED) is 0.360. The molecule has 0 saturated heterocycles. The molecular formula is CN3O2. The summed E-state index contributed by atoms with van der Waals surface area (Å²) >= 11 is 0. The van der Waals surface area contributed by atoms with Crippen LogP contribution in [0.1, 0.15) is 0 Å². The van der Waals surface area contributed by atoms with Crippen molar-refractivity contribution in [3.63, 3.8) is 0 Å². The Kier molecular flexibility index (Phi) is 0.474. The van der Waals surface area contributed by atoms with Crippen LogP contribution in [0, 0.1) is 11.5 Å². The van der Waals surface area contributed by atoms with Gasteiger partial charge < -0.3 is 5.21 Å². The van der Waals surface area contributed by atoms with Crippen molar-refractivity contribution < 1.29 is 9.65 Å². The second kappa shape index (κ2) is 0.925. The van der Waals surface area contributed by atoms with E-state index < -0.39 is 0 Å². The van der Waals surface area contributed by atoms with Crippen LogP contribution in [-0.2, 0) is 0 Å². The average molecular weight is 86.0 g/mol. The third-order valence-electron chi connectivity index (χ3n) is 0.278. The first kappa shape index (κ1) is 3.08. The van der Waals surface area contributed by atoms with Crippen LogP contribution in [0.4, 0.5) is 0 Å². The lowest BCUT2D eigenvalue weighted by molar-refractivity contribution is -0.848. The smallest absolute Gasteiger partial charge is 0.339 e. The molecule has 0 aliphatic rings.